The first kappa shape index (κ1) is 14.0. The van der Waals surface area contributed by atoms with Crippen LogP contribution in [0.3, 0.4) is 0 Å². The lowest BCUT2D eigenvalue weighted by Gasteiger charge is -2.02. The molecule has 0 aliphatic carbocycles. The molecule has 1 atom stereocenters. The molecule has 0 aliphatic heterocycles. The van der Waals surface area contributed by atoms with Crippen molar-refractivity contribution in [1.29, 1.82) is 0 Å². The van der Waals surface area contributed by atoms with Crippen LogP contribution in [0.25, 0.3) is 0 Å². The molecule has 0 radical (unpaired) electrons. The summed E-state index contributed by atoms with van der Waals surface area (Å²) >= 11 is 0. The van der Waals surface area contributed by atoms with Crippen molar-refractivity contribution in [3.63, 3.8) is 0 Å². The Balaban J connectivity index is 2.01. The molecule has 20 heavy (non-hydrogen) atoms. The summed E-state index contributed by atoms with van der Waals surface area (Å²) in [5.41, 5.74) is 2.52. The molecule has 1 unspecified atom stereocenters. The minimum atomic E-state index is -0.690. The molecule has 2 rings (SSSR count). The molecule has 0 bridgehead atoms. The van der Waals surface area contributed by atoms with E-state index in [0.29, 0.717) is 12.0 Å². The zero-order valence-corrected chi connectivity index (χ0v) is 11.3. The zero-order valence-electron chi connectivity index (χ0n) is 11.3. The van der Waals surface area contributed by atoms with Crippen LogP contribution in [0.5, 0.6) is 0 Å². The van der Waals surface area contributed by atoms with Crippen molar-refractivity contribution in [3.8, 4) is 11.8 Å². The lowest BCUT2D eigenvalue weighted by Crippen LogP contribution is -2.07. The van der Waals surface area contributed by atoms with Gasteiger partial charge in [-0.15, -0.1) is 0 Å². The fourth-order valence-electron chi connectivity index (χ4n) is 1.84. The summed E-state index contributed by atoms with van der Waals surface area (Å²) in [5.74, 6) is 5.77. The van der Waals surface area contributed by atoms with E-state index < -0.39 is 6.10 Å². The molecular weight excluding hydrogens is 248 g/mol. The van der Waals surface area contributed by atoms with Gasteiger partial charge in [-0.1, -0.05) is 54.3 Å². The van der Waals surface area contributed by atoms with Crippen LogP contribution in [0.2, 0.25) is 0 Å². The number of aliphatic hydroxyl groups excluding tert-OH is 1. The molecule has 2 nitrogen and oxygen atoms in total. The van der Waals surface area contributed by atoms with Crippen LogP contribution in [0.1, 0.15) is 28.4 Å². The highest BCUT2D eigenvalue weighted by atomic mass is 16.3. The van der Waals surface area contributed by atoms with Crippen LogP contribution < -0.4 is 0 Å². The van der Waals surface area contributed by atoms with E-state index in [2.05, 4.69) is 11.8 Å². The van der Waals surface area contributed by atoms with Crippen LogP contribution in [0, 0.1) is 11.8 Å². The van der Waals surface area contributed by atoms with Crippen LogP contribution in [0.15, 0.2) is 54.6 Å². The highest BCUT2D eigenvalue weighted by Crippen LogP contribution is 2.05. The summed E-state index contributed by atoms with van der Waals surface area (Å²) in [4.78, 5) is 11.1. The van der Waals surface area contributed by atoms with Gasteiger partial charge < -0.3 is 5.11 Å². The summed E-state index contributed by atoms with van der Waals surface area (Å²) in [7, 11) is 0. The van der Waals surface area contributed by atoms with Gasteiger partial charge >= 0.3 is 0 Å². The molecule has 0 saturated carbocycles. The van der Waals surface area contributed by atoms with Gasteiger partial charge in [0.1, 0.15) is 6.10 Å². The normalized spacial score (nSPS) is 11.3. The Labute approximate surface area is 119 Å². The van der Waals surface area contributed by atoms with Gasteiger partial charge in [0.25, 0.3) is 0 Å². The summed E-state index contributed by atoms with van der Waals surface area (Å²) < 4.78 is 0. The molecule has 100 valence electrons. The van der Waals surface area contributed by atoms with Gasteiger partial charge in [0.2, 0.25) is 0 Å². The Kier molecular flexibility index (Phi) is 4.70. The van der Waals surface area contributed by atoms with E-state index in [4.69, 9.17) is 0 Å². The number of Topliss-reactive ketones (excluding diaryl/α,β-unsaturated/α-hetero) is 1. The number of hydrogen-bond donors (Lipinski definition) is 1. The third kappa shape index (κ3) is 4.08. The second-order valence-electron chi connectivity index (χ2n) is 4.61. The molecule has 1 N–H and O–H groups in total. The highest BCUT2D eigenvalue weighted by Gasteiger charge is 2.01. The van der Waals surface area contributed by atoms with Gasteiger partial charge in [0, 0.05) is 17.5 Å². The topological polar surface area (TPSA) is 37.3 Å². The van der Waals surface area contributed by atoms with E-state index in [0.717, 1.165) is 11.1 Å². The summed E-state index contributed by atoms with van der Waals surface area (Å²) in [5, 5.41) is 9.88. The molecule has 0 saturated heterocycles. The zero-order chi connectivity index (χ0) is 14.4. The Bertz CT molecular complexity index is 631. The number of aliphatic hydroxyl groups is 1. The van der Waals surface area contributed by atoms with Crippen molar-refractivity contribution < 1.29 is 9.90 Å². The van der Waals surface area contributed by atoms with Gasteiger partial charge in [0.05, 0.1) is 0 Å². The van der Waals surface area contributed by atoms with Gasteiger partial charge in [-0.05, 0) is 24.6 Å². The SMILES string of the molecule is CC(=O)c1ccc(C#CC(O)Cc2ccccc2)cc1. The quantitative estimate of drug-likeness (QED) is 0.683. The minimum absolute atomic E-state index is 0.0358. The molecule has 0 amide bonds. The summed E-state index contributed by atoms with van der Waals surface area (Å²) in [6.45, 7) is 1.53. The molecule has 0 aliphatic rings. The fraction of sp³-hybridized carbons (Fsp3) is 0.167. The lowest BCUT2D eigenvalue weighted by molar-refractivity contribution is 0.101. The largest absolute Gasteiger partial charge is 0.380 e. The molecule has 0 spiro atoms. The van der Waals surface area contributed by atoms with E-state index in [1.165, 1.54) is 6.92 Å². The Morgan fingerprint density at radius 3 is 2.35 bits per heavy atom. The second kappa shape index (κ2) is 6.70. The van der Waals surface area contributed by atoms with Gasteiger partial charge in [-0.25, -0.2) is 0 Å². The average Bonchev–Trinajstić information content (AvgIpc) is 2.46. The van der Waals surface area contributed by atoms with Crippen molar-refractivity contribution in [2.75, 3.05) is 0 Å². The number of hydrogen-bond acceptors (Lipinski definition) is 2. The second-order valence-corrected chi connectivity index (χ2v) is 4.61. The molecule has 2 heteroatoms. The average molecular weight is 264 g/mol. The number of benzene rings is 2. The fourth-order valence-corrected chi connectivity index (χ4v) is 1.84. The van der Waals surface area contributed by atoms with Gasteiger partial charge in [-0.3, -0.25) is 4.79 Å². The molecule has 2 aromatic rings. The Hall–Kier alpha value is -2.37. The van der Waals surface area contributed by atoms with Crippen molar-refractivity contribution >= 4 is 5.78 Å². The first-order chi connectivity index (χ1) is 9.65. The standard InChI is InChI=1S/C18H16O2/c1-14(19)17-10-7-15(8-11-17)9-12-18(20)13-16-5-3-2-4-6-16/h2-8,10-11,18,20H,13H2,1H3. The van der Waals surface area contributed by atoms with Crippen LogP contribution in [-0.4, -0.2) is 17.0 Å². The molecular formula is C18H16O2. The maximum atomic E-state index is 11.1. The molecule has 2 aromatic carbocycles. The molecule has 0 aromatic heterocycles. The van der Waals surface area contributed by atoms with Gasteiger partial charge in [-0.2, -0.15) is 0 Å². The first-order valence-corrected chi connectivity index (χ1v) is 6.49. The minimum Gasteiger partial charge on any atom is -0.380 e. The van der Waals surface area contributed by atoms with Crippen molar-refractivity contribution in [3.05, 3.63) is 71.3 Å². The maximum absolute atomic E-state index is 11.1. The van der Waals surface area contributed by atoms with Crippen molar-refractivity contribution in [2.24, 2.45) is 0 Å². The van der Waals surface area contributed by atoms with E-state index in [-0.39, 0.29) is 5.78 Å². The van der Waals surface area contributed by atoms with E-state index in [1.54, 1.807) is 24.3 Å². The van der Waals surface area contributed by atoms with Crippen LogP contribution >= 0.6 is 0 Å². The first-order valence-electron chi connectivity index (χ1n) is 6.49. The third-order valence-corrected chi connectivity index (χ3v) is 2.95. The van der Waals surface area contributed by atoms with E-state index in [9.17, 15) is 9.90 Å². The van der Waals surface area contributed by atoms with E-state index >= 15 is 0 Å². The van der Waals surface area contributed by atoms with Gasteiger partial charge in [0.15, 0.2) is 5.78 Å². The third-order valence-electron chi connectivity index (χ3n) is 2.95. The number of carbonyl (C=O) groups is 1. The highest BCUT2D eigenvalue weighted by molar-refractivity contribution is 5.94. The Morgan fingerprint density at radius 2 is 1.75 bits per heavy atom. The molecule has 0 fully saturated rings. The monoisotopic (exact) mass is 264 g/mol. The number of ketones is 1. The predicted octanol–water partition coefficient (Wildman–Crippen LogP) is 2.84. The number of carbonyl (C=O) groups excluding carboxylic acids is 1. The smallest absolute Gasteiger partial charge is 0.159 e. The lowest BCUT2D eigenvalue weighted by atomic mass is 10.1. The molecule has 0 heterocycles. The summed E-state index contributed by atoms with van der Waals surface area (Å²) in [6.07, 6.45) is -0.177. The van der Waals surface area contributed by atoms with E-state index in [1.807, 2.05) is 30.3 Å². The maximum Gasteiger partial charge on any atom is 0.159 e. The van der Waals surface area contributed by atoms with Crippen molar-refractivity contribution in [1.82, 2.24) is 0 Å². The summed E-state index contributed by atoms with van der Waals surface area (Å²) in [6, 6.07) is 16.8. The van der Waals surface area contributed by atoms with Crippen molar-refractivity contribution in [2.45, 2.75) is 19.4 Å². The number of rotatable bonds is 3. The predicted molar refractivity (Wildman–Crippen MR) is 79.5 cm³/mol. The Morgan fingerprint density at radius 1 is 1.10 bits per heavy atom. The van der Waals surface area contributed by atoms with Crippen LogP contribution in [-0.2, 0) is 6.42 Å². The van der Waals surface area contributed by atoms with Crippen LogP contribution in [0.4, 0.5) is 0 Å².